The van der Waals surface area contributed by atoms with Gasteiger partial charge in [-0.2, -0.15) is 0 Å². The molecule has 1 N–H and O–H groups in total. The summed E-state index contributed by atoms with van der Waals surface area (Å²) in [6.45, 7) is 7.41. The van der Waals surface area contributed by atoms with Gasteiger partial charge in [0.15, 0.2) is 0 Å². The van der Waals surface area contributed by atoms with Crippen molar-refractivity contribution in [2.24, 2.45) is 0 Å². The summed E-state index contributed by atoms with van der Waals surface area (Å²) in [7, 11) is 0. The van der Waals surface area contributed by atoms with E-state index >= 15 is 0 Å². The van der Waals surface area contributed by atoms with E-state index in [4.69, 9.17) is 11.6 Å². The molecule has 2 rings (SSSR count). The quantitative estimate of drug-likeness (QED) is 0.849. The highest BCUT2D eigenvalue weighted by atomic mass is 35.5. The molecule has 1 aromatic rings. The molecule has 0 aliphatic heterocycles. The van der Waals surface area contributed by atoms with Gasteiger partial charge in [-0.05, 0) is 51.3 Å². The van der Waals surface area contributed by atoms with E-state index in [1.165, 1.54) is 25.0 Å². The maximum atomic E-state index is 13.2. The Morgan fingerprint density at radius 2 is 1.89 bits per heavy atom. The van der Waals surface area contributed by atoms with Crippen molar-refractivity contribution >= 4 is 11.6 Å². The van der Waals surface area contributed by atoms with Gasteiger partial charge in [0.05, 0.1) is 0 Å². The fraction of sp³-hybridized carbons (Fsp3) is 0.625. The maximum Gasteiger partial charge on any atom is 0.124 e. The molecule has 0 bridgehead atoms. The smallest absolute Gasteiger partial charge is 0.124 e. The topological polar surface area (TPSA) is 12.0 Å². The van der Waals surface area contributed by atoms with Crippen molar-refractivity contribution in [3.63, 3.8) is 0 Å². The van der Waals surface area contributed by atoms with E-state index in [9.17, 15) is 4.39 Å². The number of nitrogens with one attached hydrogen (secondary N) is 1. The number of hydrogen-bond donors (Lipinski definition) is 1. The largest absolute Gasteiger partial charge is 0.311 e. The van der Waals surface area contributed by atoms with E-state index in [2.05, 4.69) is 26.1 Å². The first-order valence-corrected chi connectivity index (χ1v) is 7.41. The lowest BCUT2D eigenvalue weighted by molar-refractivity contribution is 0.333. The van der Waals surface area contributed by atoms with Crippen molar-refractivity contribution in [2.45, 2.75) is 57.4 Å². The molecule has 1 aliphatic carbocycles. The predicted molar refractivity (Wildman–Crippen MR) is 79.3 cm³/mol. The summed E-state index contributed by atoms with van der Waals surface area (Å²) in [5, 5.41) is 4.16. The normalized spacial score (nSPS) is 18.8. The number of hydrogen-bond acceptors (Lipinski definition) is 1. The van der Waals surface area contributed by atoms with Gasteiger partial charge in [0.25, 0.3) is 0 Å². The summed E-state index contributed by atoms with van der Waals surface area (Å²) >= 11 is 6.28. The van der Waals surface area contributed by atoms with Crippen LogP contribution in [0.2, 0.25) is 5.02 Å². The Balaban J connectivity index is 2.28. The van der Waals surface area contributed by atoms with Crippen LogP contribution in [0.4, 0.5) is 4.39 Å². The predicted octanol–water partition coefficient (Wildman–Crippen LogP) is 4.68. The zero-order valence-corrected chi connectivity index (χ0v) is 12.8. The Labute approximate surface area is 120 Å². The summed E-state index contributed by atoms with van der Waals surface area (Å²) < 4.78 is 13.2. The van der Waals surface area contributed by atoms with Crippen LogP contribution < -0.4 is 5.32 Å². The Bertz CT molecular complexity index is 445. The van der Waals surface area contributed by atoms with Crippen molar-refractivity contribution in [3.05, 3.63) is 34.6 Å². The Morgan fingerprint density at radius 3 is 2.42 bits per heavy atom. The van der Waals surface area contributed by atoms with Crippen molar-refractivity contribution in [1.29, 1.82) is 0 Å². The van der Waals surface area contributed by atoms with Gasteiger partial charge in [-0.3, -0.25) is 0 Å². The molecule has 0 amide bonds. The lowest BCUT2D eigenvalue weighted by Crippen LogP contribution is -2.45. The molecule has 1 fully saturated rings. The molecular weight excluding hydrogens is 261 g/mol. The zero-order valence-electron chi connectivity index (χ0n) is 12.0. The van der Waals surface area contributed by atoms with Crippen LogP contribution in [0.15, 0.2) is 18.2 Å². The third-order valence-corrected chi connectivity index (χ3v) is 4.33. The van der Waals surface area contributed by atoms with Crippen LogP contribution in [0.25, 0.3) is 0 Å². The lowest BCUT2D eigenvalue weighted by atomic mass is 9.78. The van der Waals surface area contributed by atoms with Gasteiger partial charge >= 0.3 is 0 Å². The Morgan fingerprint density at radius 1 is 1.26 bits per heavy atom. The first kappa shape index (κ1) is 14.8. The maximum absolute atomic E-state index is 13.2. The first-order chi connectivity index (χ1) is 8.82. The van der Waals surface area contributed by atoms with Gasteiger partial charge in [-0.15, -0.1) is 0 Å². The molecule has 1 aliphatic rings. The molecule has 1 saturated carbocycles. The Hall–Kier alpha value is -0.600. The zero-order chi connectivity index (χ0) is 14.1. The summed E-state index contributed by atoms with van der Waals surface area (Å²) in [5.41, 5.74) is 1.25. The van der Waals surface area contributed by atoms with Crippen LogP contribution in [-0.4, -0.2) is 12.1 Å². The third-order valence-electron chi connectivity index (χ3n) is 4.02. The molecular formula is C16H23ClFN. The van der Waals surface area contributed by atoms with Crippen molar-refractivity contribution in [1.82, 2.24) is 5.32 Å². The highest BCUT2D eigenvalue weighted by Crippen LogP contribution is 2.43. The standard InChI is InChI=1S/C16H23ClFN/c1-15(2,3)19-11-16(8-4-5-9-16)13-7-6-12(18)10-14(13)17/h6-7,10,19H,4-5,8-9,11H2,1-3H3. The molecule has 1 aromatic carbocycles. The molecule has 1 nitrogen and oxygen atoms in total. The van der Waals surface area contributed by atoms with Crippen molar-refractivity contribution in [2.75, 3.05) is 6.54 Å². The van der Waals surface area contributed by atoms with Crippen molar-refractivity contribution in [3.8, 4) is 0 Å². The van der Waals surface area contributed by atoms with Gasteiger partial charge in [0.1, 0.15) is 5.82 Å². The minimum Gasteiger partial charge on any atom is -0.311 e. The highest BCUT2D eigenvalue weighted by molar-refractivity contribution is 6.31. The first-order valence-electron chi connectivity index (χ1n) is 7.03. The average Bonchev–Trinajstić information content (AvgIpc) is 2.75. The molecule has 0 spiro atoms. The van der Waals surface area contributed by atoms with E-state index in [1.807, 2.05) is 6.07 Å². The monoisotopic (exact) mass is 283 g/mol. The SMILES string of the molecule is CC(C)(C)NCC1(c2ccc(F)cc2Cl)CCCC1. The van der Waals surface area contributed by atoms with E-state index < -0.39 is 0 Å². The van der Waals surface area contributed by atoms with E-state index in [-0.39, 0.29) is 16.8 Å². The van der Waals surface area contributed by atoms with Gasteiger partial charge in [-0.25, -0.2) is 4.39 Å². The van der Waals surface area contributed by atoms with Gasteiger partial charge in [0.2, 0.25) is 0 Å². The second-order valence-electron chi connectivity index (χ2n) is 6.72. The van der Waals surface area contributed by atoms with Crippen LogP contribution in [0.1, 0.15) is 52.0 Å². The highest BCUT2D eigenvalue weighted by Gasteiger charge is 2.37. The number of halogens is 2. The molecule has 3 heteroatoms. The minimum atomic E-state index is -0.259. The van der Waals surface area contributed by atoms with E-state index in [0.717, 1.165) is 24.9 Å². The molecule has 106 valence electrons. The van der Waals surface area contributed by atoms with Gasteiger partial charge < -0.3 is 5.32 Å². The molecule has 19 heavy (non-hydrogen) atoms. The Kier molecular flexibility index (Phi) is 4.22. The average molecular weight is 284 g/mol. The second-order valence-corrected chi connectivity index (χ2v) is 7.12. The van der Waals surface area contributed by atoms with Crippen LogP contribution in [0.5, 0.6) is 0 Å². The molecule has 0 unspecified atom stereocenters. The molecule has 0 atom stereocenters. The molecule has 0 aromatic heterocycles. The van der Waals surface area contributed by atoms with E-state index in [0.29, 0.717) is 5.02 Å². The fourth-order valence-corrected chi connectivity index (χ4v) is 3.31. The molecule has 0 radical (unpaired) electrons. The van der Waals surface area contributed by atoms with Gasteiger partial charge in [-0.1, -0.05) is 30.5 Å². The molecule has 0 saturated heterocycles. The number of rotatable bonds is 3. The van der Waals surface area contributed by atoms with Gasteiger partial charge in [0, 0.05) is 22.5 Å². The number of benzene rings is 1. The minimum absolute atomic E-state index is 0.0675. The van der Waals surface area contributed by atoms with E-state index in [1.54, 1.807) is 0 Å². The van der Waals surface area contributed by atoms with Crippen LogP contribution in [0, 0.1) is 5.82 Å². The summed E-state index contributed by atoms with van der Waals surface area (Å²) in [6.07, 6.45) is 4.70. The van der Waals surface area contributed by atoms with Crippen LogP contribution in [-0.2, 0) is 5.41 Å². The fourth-order valence-electron chi connectivity index (χ4n) is 2.95. The summed E-state index contributed by atoms with van der Waals surface area (Å²) in [5.74, 6) is -0.259. The van der Waals surface area contributed by atoms with Crippen molar-refractivity contribution < 1.29 is 4.39 Å². The second kappa shape index (κ2) is 5.41. The van der Waals surface area contributed by atoms with Crippen LogP contribution >= 0.6 is 11.6 Å². The summed E-state index contributed by atoms with van der Waals surface area (Å²) in [4.78, 5) is 0. The lowest BCUT2D eigenvalue weighted by Gasteiger charge is -2.34. The third kappa shape index (κ3) is 3.49. The van der Waals surface area contributed by atoms with Crippen LogP contribution in [0.3, 0.4) is 0 Å². The summed E-state index contributed by atoms with van der Waals surface area (Å²) in [6, 6.07) is 4.83. The molecule has 0 heterocycles.